The minimum Gasteiger partial charge on any atom is -0.330 e. The molecule has 1 aromatic carbocycles. The second kappa shape index (κ2) is 6.76. The number of anilines is 1. The summed E-state index contributed by atoms with van der Waals surface area (Å²) in [7, 11) is 0. The Bertz CT molecular complexity index is 418. The number of nitrogens with one attached hydrogen (secondary N) is 1. The summed E-state index contributed by atoms with van der Waals surface area (Å²) >= 11 is 6.02. The molecule has 1 amide bonds. The molecular formula is C14H21ClN2O. The fourth-order valence-electron chi connectivity index (χ4n) is 1.86. The lowest BCUT2D eigenvalue weighted by Crippen LogP contribution is -2.30. The molecule has 0 aliphatic heterocycles. The summed E-state index contributed by atoms with van der Waals surface area (Å²) in [5, 5.41) is 3.56. The summed E-state index contributed by atoms with van der Waals surface area (Å²) in [6.07, 6.45) is 0.794. The maximum absolute atomic E-state index is 12.1. The van der Waals surface area contributed by atoms with Gasteiger partial charge in [0.2, 0.25) is 5.91 Å². The maximum atomic E-state index is 12.1. The van der Waals surface area contributed by atoms with E-state index in [-0.39, 0.29) is 11.8 Å². The van der Waals surface area contributed by atoms with Gasteiger partial charge in [0.05, 0.1) is 5.92 Å². The normalized spacial score (nSPS) is 12.6. The molecule has 1 rings (SSSR count). The quantitative estimate of drug-likeness (QED) is 0.862. The number of carbonyl (C=O) groups is 1. The van der Waals surface area contributed by atoms with Gasteiger partial charge in [-0.1, -0.05) is 31.5 Å². The second-order valence-corrected chi connectivity index (χ2v) is 5.37. The Morgan fingerprint density at radius 1 is 1.44 bits per heavy atom. The molecule has 0 aliphatic carbocycles. The number of benzene rings is 1. The highest BCUT2D eigenvalue weighted by molar-refractivity contribution is 6.31. The van der Waals surface area contributed by atoms with Crippen molar-refractivity contribution in [3.63, 3.8) is 0 Å². The van der Waals surface area contributed by atoms with Crippen molar-refractivity contribution in [3.05, 3.63) is 28.8 Å². The van der Waals surface area contributed by atoms with Gasteiger partial charge in [-0.15, -0.1) is 0 Å². The SMILES string of the molecule is Cc1c(Cl)cccc1NC(=O)C(CN)CC(C)C. The van der Waals surface area contributed by atoms with Crippen LogP contribution >= 0.6 is 11.6 Å². The van der Waals surface area contributed by atoms with Crippen molar-refractivity contribution in [1.82, 2.24) is 0 Å². The molecule has 100 valence electrons. The fourth-order valence-corrected chi connectivity index (χ4v) is 2.03. The predicted molar refractivity (Wildman–Crippen MR) is 76.8 cm³/mol. The summed E-state index contributed by atoms with van der Waals surface area (Å²) in [6, 6.07) is 5.48. The number of carbonyl (C=O) groups excluding carboxylic acids is 1. The number of amides is 1. The largest absolute Gasteiger partial charge is 0.330 e. The van der Waals surface area contributed by atoms with E-state index in [2.05, 4.69) is 19.2 Å². The molecule has 18 heavy (non-hydrogen) atoms. The van der Waals surface area contributed by atoms with Crippen LogP contribution in [0.2, 0.25) is 5.02 Å². The molecule has 0 fully saturated rings. The maximum Gasteiger partial charge on any atom is 0.228 e. The summed E-state index contributed by atoms with van der Waals surface area (Å²) in [5.41, 5.74) is 7.30. The fraction of sp³-hybridized carbons (Fsp3) is 0.500. The highest BCUT2D eigenvalue weighted by atomic mass is 35.5. The molecular weight excluding hydrogens is 248 g/mol. The van der Waals surface area contributed by atoms with Gasteiger partial charge in [-0.25, -0.2) is 0 Å². The number of hydrogen-bond donors (Lipinski definition) is 2. The third-order valence-electron chi connectivity index (χ3n) is 2.94. The van der Waals surface area contributed by atoms with E-state index < -0.39 is 0 Å². The average Bonchev–Trinajstić information content (AvgIpc) is 2.31. The lowest BCUT2D eigenvalue weighted by molar-refractivity contribution is -0.120. The van der Waals surface area contributed by atoms with Crippen molar-refractivity contribution in [2.24, 2.45) is 17.6 Å². The molecule has 0 aliphatic rings. The van der Waals surface area contributed by atoms with Gasteiger partial charge in [-0.2, -0.15) is 0 Å². The first-order valence-corrected chi connectivity index (χ1v) is 6.59. The average molecular weight is 269 g/mol. The van der Waals surface area contributed by atoms with Crippen LogP contribution in [0, 0.1) is 18.8 Å². The van der Waals surface area contributed by atoms with Gasteiger partial charge in [0.25, 0.3) is 0 Å². The van der Waals surface area contributed by atoms with E-state index in [1.807, 2.05) is 19.1 Å². The van der Waals surface area contributed by atoms with Crippen LogP contribution < -0.4 is 11.1 Å². The molecule has 4 heteroatoms. The molecule has 0 spiro atoms. The van der Waals surface area contributed by atoms with Crippen molar-refractivity contribution < 1.29 is 4.79 Å². The third kappa shape index (κ3) is 4.00. The van der Waals surface area contributed by atoms with Crippen LogP contribution in [-0.4, -0.2) is 12.5 Å². The topological polar surface area (TPSA) is 55.1 Å². The minimum absolute atomic E-state index is 0.0310. The van der Waals surface area contributed by atoms with Crippen molar-refractivity contribution in [2.45, 2.75) is 27.2 Å². The molecule has 0 heterocycles. The Kier molecular flexibility index (Phi) is 5.63. The number of halogens is 1. The van der Waals surface area contributed by atoms with E-state index in [4.69, 9.17) is 17.3 Å². The molecule has 0 aromatic heterocycles. The monoisotopic (exact) mass is 268 g/mol. The van der Waals surface area contributed by atoms with Gasteiger partial charge in [-0.3, -0.25) is 4.79 Å². The molecule has 1 atom stereocenters. The zero-order valence-corrected chi connectivity index (χ0v) is 11.9. The molecule has 1 unspecified atom stereocenters. The Morgan fingerprint density at radius 3 is 2.67 bits per heavy atom. The second-order valence-electron chi connectivity index (χ2n) is 4.96. The first kappa shape index (κ1) is 15.0. The Labute approximate surface area is 114 Å². The Hall–Kier alpha value is -1.06. The van der Waals surface area contributed by atoms with Gasteiger partial charge in [-0.05, 0) is 37.0 Å². The van der Waals surface area contributed by atoms with Crippen LogP contribution in [0.25, 0.3) is 0 Å². The zero-order valence-electron chi connectivity index (χ0n) is 11.2. The van der Waals surface area contributed by atoms with E-state index in [1.165, 1.54) is 0 Å². The molecule has 3 nitrogen and oxygen atoms in total. The molecule has 3 N–H and O–H groups in total. The first-order valence-electron chi connectivity index (χ1n) is 6.21. The third-order valence-corrected chi connectivity index (χ3v) is 3.35. The van der Waals surface area contributed by atoms with E-state index in [9.17, 15) is 4.79 Å². The lowest BCUT2D eigenvalue weighted by Gasteiger charge is -2.18. The number of nitrogens with two attached hydrogens (primary N) is 1. The van der Waals surface area contributed by atoms with Crippen molar-refractivity contribution in [1.29, 1.82) is 0 Å². The Balaban J connectivity index is 2.77. The Morgan fingerprint density at radius 2 is 2.11 bits per heavy atom. The summed E-state index contributed by atoms with van der Waals surface area (Å²) in [4.78, 5) is 12.1. The van der Waals surface area contributed by atoms with Crippen LogP contribution in [0.3, 0.4) is 0 Å². The smallest absolute Gasteiger partial charge is 0.228 e. The summed E-state index contributed by atoms with van der Waals surface area (Å²) in [6.45, 7) is 6.42. The van der Waals surface area contributed by atoms with Gasteiger partial charge >= 0.3 is 0 Å². The number of hydrogen-bond acceptors (Lipinski definition) is 2. The lowest BCUT2D eigenvalue weighted by atomic mass is 9.96. The van der Waals surface area contributed by atoms with Crippen molar-refractivity contribution in [3.8, 4) is 0 Å². The van der Waals surface area contributed by atoms with Gasteiger partial charge in [0, 0.05) is 17.3 Å². The molecule has 0 saturated carbocycles. The van der Waals surface area contributed by atoms with Crippen LogP contribution in [-0.2, 0) is 4.79 Å². The summed E-state index contributed by atoms with van der Waals surface area (Å²) in [5.74, 6) is 0.268. The van der Waals surface area contributed by atoms with Gasteiger partial charge in [0.1, 0.15) is 0 Å². The minimum atomic E-state index is -0.150. The van der Waals surface area contributed by atoms with E-state index in [0.717, 1.165) is 17.7 Å². The highest BCUT2D eigenvalue weighted by Crippen LogP contribution is 2.24. The molecule has 0 radical (unpaired) electrons. The standard InChI is InChI=1S/C14H21ClN2O/c1-9(2)7-11(8-16)14(18)17-13-6-4-5-12(15)10(13)3/h4-6,9,11H,7-8,16H2,1-3H3,(H,17,18). The van der Waals surface area contributed by atoms with Gasteiger partial charge < -0.3 is 11.1 Å². The molecule has 1 aromatic rings. The van der Waals surface area contributed by atoms with E-state index >= 15 is 0 Å². The molecule has 0 bridgehead atoms. The van der Waals surface area contributed by atoms with Crippen molar-refractivity contribution in [2.75, 3.05) is 11.9 Å². The summed E-state index contributed by atoms with van der Waals surface area (Å²) < 4.78 is 0. The van der Waals surface area contributed by atoms with Crippen molar-refractivity contribution >= 4 is 23.2 Å². The number of rotatable bonds is 5. The first-order chi connectivity index (χ1) is 8.45. The van der Waals surface area contributed by atoms with Crippen LogP contribution in [0.5, 0.6) is 0 Å². The molecule has 0 saturated heterocycles. The predicted octanol–water partition coefficient (Wildman–Crippen LogP) is 3.21. The van der Waals surface area contributed by atoms with E-state index in [1.54, 1.807) is 6.07 Å². The van der Waals surface area contributed by atoms with Crippen LogP contribution in [0.4, 0.5) is 5.69 Å². The van der Waals surface area contributed by atoms with Gasteiger partial charge in [0.15, 0.2) is 0 Å². The zero-order chi connectivity index (χ0) is 13.7. The van der Waals surface area contributed by atoms with Crippen LogP contribution in [0.15, 0.2) is 18.2 Å². The van der Waals surface area contributed by atoms with Crippen LogP contribution in [0.1, 0.15) is 25.8 Å². The van der Waals surface area contributed by atoms with E-state index in [0.29, 0.717) is 17.5 Å². The highest BCUT2D eigenvalue weighted by Gasteiger charge is 2.18.